The molecular weight excluding hydrogens is 282 g/mol. The summed E-state index contributed by atoms with van der Waals surface area (Å²) in [6, 6.07) is -0.305. The number of H-pyrrole nitrogens is 1. The smallest absolute Gasteiger partial charge is 0.278 e. The molecule has 0 saturated carbocycles. The van der Waals surface area contributed by atoms with E-state index in [1.807, 2.05) is 0 Å². The second-order valence-electron chi connectivity index (χ2n) is 4.39. The molecular formula is C10H11N7O2S. The van der Waals surface area contributed by atoms with E-state index in [1.54, 1.807) is 4.57 Å². The van der Waals surface area contributed by atoms with Gasteiger partial charge in [0.15, 0.2) is 11.2 Å². The second kappa shape index (κ2) is 5.16. The van der Waals surface area contributed by atoms with Crippen LogP contribution in [0.2, 0.25) is 0 Å². The SMILES string of the molecule is [N-]=[N+]=N[C@H]1C[C@H](CO)S[C@@H]1n1cnc2c(=O)[nH]cnc21. The number of imidazole rings is 1. The lowest BCUT2D eigenvalue weighted by Gasteiger charge is -2.16. The maximum absolute atomic E-state index is 11.6. The number of aliphatic hydroxyl groups is 1. The third-order valence-electron chi connectivity index (χ3n) is 3.21. The Morgan fingerprint density at radius 1 is 1.65 bits per heavy atom. The number of aromatic nitrogens is 4. The van der Waals surface area contributed by atoms with Crippen molar-refractivity contribution in [2.24, 2.45) is 5.11 Å². The molecule has 3 rings (SSSR count). The molecule has 0 spiro atoms. The molecule has 2 aromatic rings. The molecule has 1 fully saturated rings. The van der Waals surface area contributed by atoms with E-state index in [4.69, 9.17) is 5.53 Å². The Morgan fingerprint density at radius 3 is 3.25 bits per heavy atom. The van der Waals surface area contributed by atoms with Gasteiger partial charge in [-0.1, -0.05) is 5.11 Å². The van der Waals surface area contributed by atoms with Gasteiger partial charge in [-0.15, -0.1) is 11.8 Å². The van der Waals surface area contributed by atoms with E-state index in [1.165, 1.54) is 24.4 Å². The van der Waals surface area contributed by atoms with Gasteiger partial charge in [0.25, 0.3) is 5.56 Å². The number of rotatable bonds is 3. The molecule has 2 N–H and O–H groups in total. The number of fused-ring (bicyclic) bond motifs is 1. The molecule has 0 unspecified atom stereocenters. The first kappa shape index (κ1) is 13.0. The first-order chi connectivity index (χ1) is 9.74. The van der Waals surface area contributed by atoms with Gasteiger partial charge in [0.05, 0.1) is 30.7 Å². The maximum Gasteiger partial charge on any atom is 0.278 e. The number of aliphatic hydroxyl groups excluding tert-OH is 1. The summed E-state index contributed by atoms with van der Waals surface area (Å²) in [7, 11) is 0. The van der Waals surface area contributed by atoms with Gasteiger partial charge in [-0.05, 0) is 12.0 Å². The van der Waals surface area contributed by atoms with Crippen LogP contribution in [0.4, 0.5) is 0 Å². The van der Waals surface area contributed by atoms with Crippen LogP contribution in [0.5, 0.6) is 0 Å². The first-order valence-electron chi connectivity index (χ1n) is 5.95. The van der Waals surface area contributed by atoms with E-state index in [2.05, 4.69) is 25.0 Å². The second-order valence-corrected chi connectivity index (χ2v) is 5.82. The van der Waals surface area contributed by atoms with Crippen LogP contribution in [0.15, 0.2) is 22.6 Å². The molecule has 0 amide bonds. The number of thioether (sulfide) groups is 1. The van der Waals surface area contributed by atoms with Crippen molar-refractivity contribution in [3.05, 3.63) is 33.5 Å². The van der Waals surface area contributed by atoms with Crippen molar-refractivity contribution in [3.63, 3.8) is 0 Å². The maximum atomic E-state index is 11.6. The van der Waals surface area contributed by atoms with Crippen LogP contribution in [0.3, 0.4) is 0 Å². The molecule has 0 aromatic carbocycles. The zero-order valence-electron chi connectivity index (χ0n) is 10.2. The lowest BCUT2D eigenvalue weighted by atomic mass is 10.2. The highest BCUT2D eigenvalue weighted by atomic mass is 32.2. The van der Waals surface area contributed by atoms with Crippen molar-refractivity contribution in [2.75, 3.05) is 6.61 Å². The summed E-state index contributed by atoms with van der Waals surface area (Å²) in [6.07, 6.45) is 3.41. The third-order valence-corrected chi connectivity index (χ3v) is 4.75. The first-order valence-corrected chi connectivity index (χ1v) is 6.89. The van der Waals surface area contributed by atoms with Crippen LogP contribution in [-0.4, -0.2) is 42.5 Å². The van der Waals surface area contributed by atoms with Crippen LogP contribution < -0.4 is 5.56 Å². The van der Waals surface area contributed by atoms with Crippen LogP contribution in [0.25, 0.3) is 21.6 Å². The normalized spacial score (nSPS) is 25.8. The third kappa shape index (κ3) is 2.03. The van der Waals surface area contributed by atoms with Gasteiger partial charge in [0.1, 0.15) is 0 Å². The predicted molar refractivity (Wildman–Crippen MR) is 73.2 cm³/mol. The zero-order valence-corrected chi connectivity index (χ0v) is 11.1. The van der Waals surface area contributed by atoms with E-state index in [-0.39, 0.29) is 34.3 Å². The Bertz CT molecular complexity index is 735. The molecule has 1 saturated heterocycles. The summed E-state index contributed by atoms with van der Waals surface area (Å²) in [5.41, 5.74) is 9.04. The predicted octanol–water partition coefficient (Wildman–Crippen LogP) is 0.795. The minimum Gasteiger partial charge on any atom is -0.395 e. The Balaban J connectivity index is 2.07. The minimum absolute atomic E-state index is 0.00468. The van der Waals surface area contributed by atoms with Crippen molar-refractivity contribution in [3.8, 4) is 0 Å². The number of hydrogen-bond donors (Lipinski definition) is 2. The van der Waals surface area contributed by atoms with Crippen molar-refractivity contribution >= 4 is 22.9 Å². The van der Waals surface area contributed by atoms with Gasteiger partial charge < -0.3 is 14.7 Å². The lowest BCUT2D eigenvalue weighted by molar-refractivity contribution is 0.289. The molecule has 1 aliphatic rings. The van der Waals surface area contributed by atoms with Crippen LogP contribution in [0.1, 0.15) is 11.8 Å². The lowest BCUT2D eigenvalue weighted by Crippen LogP contribution is -2.15. The Hall–Kier alpha value is -2.03. The van der Waals surface area contributed by atoms with Gasteiger partial charge >= 0.3 is 0 Å². The van der Waals surface area contributed by atoms with Gasteiger partial charge in [0, 0.05) is 10.2 Å². The van der Waals surface area contributed by atoms with Gasteiger partial charge in [-0.3, -0.25) is 4.79 Å². The highest BCUT2D eigenvalue weighted by molar-refractivity contribution is 8.00. The number of nitrogens with zero attached hydrogens (tertiary/aromatic N) is 6. The number of aromatic amines is 1. The standard InChI is InChI=1S/C10H11N7O2S/c11-16-15-6-1-5(2-18)20-10(6)17-4-14-7-8(17)12-3-13-9(7)19/h3-6,10,18H,1-2H2,(H,12,13,19)/t5-,6+,10+/m1/s1. The van der Waals surface area contributed by atoms with E-state index in [0.29, 0.717) is 12.1 Å². The molecule has 20 heavy (non-hydrogen) atoms. The Morgan fingerprint density at radius 2 is 2.50 bits per heavy atom. The van der Waals surface area contributed by atoms with Crippen LogP contribution >= 0.6 is 11.8 Å². The number of hydrogen-bond acceptors (Lipinski definition) is 6. The monoisotopic (exact) mass is 293 g/mol. The van der Waals surface area contributed by atoms with Gasteiger partial charge in [-0.25, -0.2) is 9.97 Å². The summed E-state index contributed by atoms with van der Waals surface area (Å²) in [6.45, 7) is 0.0132. The highest BCUT2D eigenvalue weighted by Gasteiger charge is 2.36. The quantitative estimate of drug-likeness (QED) is 0.490. The van der Waals surface area contributed by atoms with Crippen molar-refractivity contribution in [1.82, 2.24) is 19.5 Å². The molecule has 0 bridgehead atoms. The fourth-order valence-electron chi connectivity index (χ4n) is 2.32. The minimum atomic E-state index is -0.309. The topological polar surface area (TPSA) is 133 Å². The summed E-state index contributed by atoms with van der Waals surface area (Å²) >= 11 is 1.49. The summed E-state index contributed by atoms with van der Waals surface area (Å²) in [4.78, 5) is 25.1. The number of nitrogens with one attached hydrogen (secondary N) is 1. The Kier molecular flexibility index (Phi) is 3.35. The van der Waals surface area contributed by atoms with Gasteiger partial charge in [-0.2, -0.15) is 0 Å². The molecule has 3 heterocycles. The van der Waals surface area contributed by atoms with Crippen LogP contribution in [-0.2, 0) is 0 Å². The average molecular weight is 293 g/mol. The highest BCUT2D eigenvalue weighted by Crippen LogP contribution is 2.44. The Labute approximate surface area is 116 Å². The fourth-order valence-corrected chi connectivity index (χ4v) is 3.74. The number of azide groups is 1. The molecule has 9 nitrogen and oxygen atoms in total. The summed E-state index contributed by atoms with van der Waals surface area (Å²) in [5.74, 6) is 0. The van der Waals surface area contributed by atoms with E-state index in [0.717, 1.165) is 0 Å². The molecule has 1 aliphatic heterocycles. The fraction of sp³-hybridized carbons (Fsp3) is 0.500. The molecule has 0 radical (unpaired) electrons. The van der Waals surface area contributed by atoms with Crippen LogP contribution in [0, 0.1) is 0 Å². The van der Waals surface area contributed by atoms with Gasteiger partial charge in [0.2, 0.25) is 0 Å². The molecule has 2 aromatic heterocycles. The molecule has 3 atom stereocenters. The summed E-state index contributed by atoms with van der Waals surface area (Å²) < 4.78 is 1.73. The largest absolute Gasteiger partial charge is 0.395 e. The zero-order chi connectivity index (χ0) is 14.1. The average Bonchev–Trinajstić information content (AvgIpc) is 3.03. The van der Waals surface area contributed by atoms with E-state index >= 15 is 0 Å². The van der Waals surface area contributed by atoms with Crippen molar-refractivity contribution < 1.29 is 5.11 Å². The van der Waals surface area contributed by atoms with E-state index in [9.17, 15) is 9.90 Å². The molecule has 0 aliphatic carbocycles. The van der Waals surface area contributed by atoms with Crippen molar-refractivity contribution in [2.45, 2.75) is 23.1 Å². The summed E-state index contributed by atoms with van der Waals surface area (Å²) in [5, 5.41) is 12.8. The molecule has 104 valence electrons. The molecule has 10 heteroatoms. The van der Waals surface area contributed by atoms with Crippen molar-refractivity contribution in [1.29, 1.82) is 0 Å². The van der Waals surface area contributed by atoms with E-state index < -0.39 is 0 Å².